The summed E-state index contributed by atoms with van der Waals surface area (Å²) in [5, 5.41) is 9.66. The second-order valence-electron chi connectivity index (χ2n) is 3.07. The van der Waals surface area contributed by atoms with Crippen LogP contribution >= 0.6 is 0 Å². The molecule has 0 aliphatic heterocycles. The van der Waals surface area contributed by atoms with Crippen LogP contribution in [0.4, 0.5) is 0 Å². The van der Waals surface area contributed by atoms with Crippen molar-refractivity contribution in [1.82, 2.24) is 20.4 Å². The standard InChI is InChI=1S/C10H14N4O/c1-3-5-11-8-10(15)12-7-9-4-6-14(2)13-9/h1,4,6,11H,5,7-8H2,2H3,(H,12,15). The van der Waals surface area contributed by atoms with Gasteiger partial charge in [0.2, 0.25) is 5.91 Å². The molecule has 1 aromatic heterocycles. The minimum Gasteiger partial charge on any atom is -0.349 e. The van der Waals surface area contributed by atoms with Gasteiger partial charge in [-0.3, -0.25) is 14.8 Å². The average molecular weight is 206 g/mol. The molecule has 0 unspecified atom stereocenters. The first kappa shape index (κ1) is 11.3. The molecule has 0 saturated carbocycles. The molecule has 15 heavy (non-hydrogen) atoms. The van der Waals surface area contributed by atoms with E-state index >= 15 is 0 Å². The van der Waals surface area contributed by atoms with E-state index in [1.807, 2.05) is 19.3 Å². The zero-order valence-electron chi connectivity index (χ0n) is 8.66. The van der Waals surface area contributed by atoms with Crippen molar-refractivity contribution < 1.29 is 4.79 Å². The molecule has 1 aromatic rings. The highest BCUT2D eigenvalue weighted by atomic mass is 16.1. The van der Waals surface area contributed by atoms with Gasteiger partial charge in [-0.25, -0.2) is 0 Å². The zero-order chi connectivity index (χ0) is 11.1. The van der Waals surface area contributed by atoms with Gasteiger partial charge in [0.05, 0.1) is 25.3 Å². The van der Waals surface area contributed by atoms with E-state index in [0.29, 0.717) is 13.1 Å². The van der Waals surface area contributed by atoms with Crippen LogP contribution in [0.3, 0.4) is 0 Å². The lowest BCUT2D eigenvalue weighted by molar-refractivity contribution is -0.120. The van der Waals surface area contributed by atoms with Gasteiger partial charge in [-0.2, -0.15) is 5.10 Å². The maximum atomic E-state index is 11.2. The first-order valence-corrected chi connectivity index (χ1v) is 4.62. The van der Waals surface area contributed by atoms with Crippen molar-refractivity contribution in [3.8, 4) is 12.3 Å². The van der Waals surface area contributed by atoms with Crippen LogP contribution in [-0.2, 0) is 18.4 Å². The van der Waals surface area contributed by atoms with Gasteiger partial charge in [0, 0.05) is 13.2 Å². The summed E-state index contributed by atoms with van der Waals surface area (Å²) in [6, 6.07) is 1.86. The number of hydrogen-bond acceptors (Lipinski definition) is 3. The Morgan fingerprint density at radius 1 is 1.73 bits per heavy atom. The fourth-order valence-corrected chi connectivity index (χ4v) is 1.06. The van der Waals surface area contributed by atoms with Crippen LogP contribution in [0.2, 0.25) is 0 Å². The van der Waals surface area contributed by atoms with Crippen molar-refractivity contribution in [3.63, 3.8) is 0 Å². The molecule has 0 spiro atoms. The first-order chi connectivity index (χ1) is 7.22. The number of amides is 1. The quantitative estimate of drug-likeness (QED) is 0.493. The Morgan fingerprint density at radius 3 is 3.13 bits per heavy atom. The molecule has 1 amide bonds. The molecule has 2 N–H and O–H groups in total. The minimum atomic E-state index is -0.0871. The number of aryl methyl sites for hydroxylation is 1. The van der Waals surface area contributed by atoms with Gasteiger partial charge in [-0.15, -0.1) is 6.42 Å². The minimum absolute atomic E-state index is 0.0871. The second-order valence-corrected chi connectivity index (χ2v) is 3.07. The fraction of sp³-hybridized carbons (Fsp3) is 0.400. The molecule has 1 heterocycles. The smallest absolute Gasteiger partial charge is 0.234 e. The van der Waals surface area contributed by atoms with Crippen molar-refractivity contribution in [2.75, 3.05) is 13.1 Å². The van der Waals surface area contributed by atoms with Crippen LogP contribution < -0.4 is 10.6 Å². The number of carbonyl (C=O) groups excluding carboxylic acids is 1. The summed E-state index contributed by atoms with van der Waals surface area (Å²) >= 11 is 0. The van der Waals surface area contributed by atoms with Crippen molar-refractivity contribution >= 4 is 5.91 Å². The number of terminal acetylenes is 1. The van der Waals surface area contributed by atoms with Crippen molar-refractivity contribution in [2.24, 2.45) is 7.05 Å². The highest BCUT2D eigenvalue weighted by molar-refractivity contribution is 5.77. The number of hydrogen-bond donors (Lipinski definition) is 2. The van der Waals surface area contributed by atoms with Gasteiger partial charge in [0.1, 0.15) is 0 Å². The van der Waals surface area contributed by atoms with E-state index in [4.69, 9.17) is 6.42 Å². The summed E-state index contributed by atoms with van der Waals surface area (Å²) in [6.45, 7) is 1.07. The lowest BCUT2D eigenvalue weighted by Crippen LogP contribution is -2.33. The third-order valence-electron chi connectivity index (χ3n) is 1.75. The Bertz CT molecular complexity index is 364. The van der Waals surface area contributed by atoms with Crippen LogP contribution in [0.5, 0.6) is 0 Å². The topological polar surface area (TPSA) is 59.0 Å². The van der Waals surface area contributed by atoms with E-state index in [0.717, 1.165) is 5.69 Å². The molecule has 0 atom stereocenters. The summed E-state index contributed by atoms with van der Waals surface area (Å²) in [7, 11) is 1.83. The number of carbonyl (C=O) groups is 1. The predicted octanol–water partition coefficient (Wildman–Crippen LogP) is -0.741. The number of nitrogens with one attached hydrogen (secondary N) is 2. The second kappa shape index (κ2) is 5.83. The maximum Gasteiger partial charge on any atom is 0.234 e. The van der Waals surface area contributed by atoms with E-state index in [1.54, 1.807) is 4.68 Å². The van der Waals surface area contributed by atoms with Gasteiger partial charge in [0.25, 0.3) is 0 Å². The molecule has 80 valence electrons. The molecule has 0 radical (unpaired) electrons. The summed E-state index contributed by atoms with van der Waals surface area (Å²) in [4.78, 5) is 11.2. The van der Waals surface area contributed by atoms with Crippen LogP contribution in [-0.4, -0.2) is 28.8 Å². The van der Waals surface area contributed by atoms with Crippen LogP contribution in [0, 0.1) is 12.3 Å². The van der Waals surface area contributed by atoms with Gasteiger partial charge in [-0.1, -0.05) is 5.92 Å². The Hall–Kier alpha value is -1.80. The maximum absolute atomic E-state index is 11.2. The Labute approximate surface area is 88.9 Å². The molecule has 0 saturated heterocycles. The molecule has 5 heteroatoms. The molecule has 0 bridgehead atoms. The Morgan fingerprint density at radius 2 is 2.53 bits per heavy atom. The van der Waals surface area contributed by atoms with Crippen molar-refractivity contribution in [2.45, 2.75) is 6.54 Å². The third kappa shape index (κ3) is 4.29. The van der Waals surface area contributed by atoms with E-state index in [1.165, 1.54) is 0 Å². The summed E-state index contributed by atoms with van der Waals surface area (Å²) < 4.78 is 1.69. The molecular weight excluding hydrogens is 192 g/mol. The van der Waals surface area contributed by atoms with Crippen LogP contribution in [0.25, 0.3) is 0 Å². The van der Waals surface area contributed by atoms with E-state index < -0.39 is 0 Å². The molecule has 0 fully saturated rings. The largest absolute Gasteiger partial charge is 0.349 e. The van der Waals surface area contributed by atoms with Crippen LogP contribution in [0.1, 0.15) is 5.69 Å². The lowest BCUT2D eigenvalue weighted by Gasteiger charge is -2.02. The van der Waals surface area contributed by atoms with Gasteiger partial charge in [0.15, 0.2) is 0 Å². The molecule has 5 nitrogen and oxygen atoms in total. The lowest BCUT2D eigenvalue weighted by atomic mass is 10.4. The highest BCUT2D eigenvalue weighted by Gasteiger charge is 2.01. The Balaban J connectivity index is 2.20. The van der Waals surface area contributed by atoms with Gasteiger partial charge in [-0.05, 0) is 6.07 Å². The molecule has 0 aliphatic rings. The van der Waals surface area contributed by atoms with E-state index in [9.17, 15) is 4.79 Å². The normalized spacial score (nSPS) is 9.60. The van der Waals surface area contributed by atoms with Gasteiger partial charge < -0.3 is 5.32 Å². The predicted molar refractivity (Wildman–Crippen MR) is 56.8 cm³/mol. The zero-order valence-corrected chi connectivity index (χ0v) is 8.66. The molecule has 0 aliphatic carbocycles. The Kier molecular flexibility index (Phi) is 4.38. The van der Waals surface area contributed by atoms with Crippen molar-refractivity contribution in [3.05, 3.63) is 18.0 Å². The monoisotopic (exact) mass is 206 g/mol. The van der Waals surface area contributed by atoms with Gasteiger partial charge >= 0.3 is 0 Å². The average Bonchev–Trinajstić information content (AvgIpc) is 2.62. The van der Waals surface area contributed by atoms with Crippen LogP contribution in [0.15, 0.2) is 12.3 Å². The molecule has 1 rings (SSSR count). The number of rotatable bonds is 5. The highest BCUT2D eigenvalue weighted by Crippen LogP contribution is 1.92. The molecule has 0 aromatic carbocycles. The SMILES string of the molecule is C#CCNCC(=O)NCc1ccn(C)n1. The first-order valence-electron chi connectivity index (χ1n) is 4.62. The van der Waals surface area contributed by atoms with Crippen molar-refractivity contribution in [1.29, 1.82) is 0 Å². The number of aromatic nitrogens is 2. The van der Waals surface area contributed by atoms with E-state index in [-0.39, 0.29) is 12.5 Å². The summed E-state index contributed by atoms with van der Waals surface area (Å²) in [5.74, 6) is 2.31. The molecular formula is C10H14N4O. The number of nitrogens with zero attached hydrogens (tertiary/aromatic N) is 2. The summed E-state index contributed by atoms with van der Waals surface area (Å²) in [5.41, 5.74) is 0.836. The fourth-order valence-electron chi connectivity index (χ4n) is 1.06. The third-order valence-corrected chi connectivity index (χ3v) is 1.75. The van der Waals surface area contributed by atoms with E-state index in [2.05, 4.69) is 21.7 Å². The summed E-state index contributed by atoms with van der Waals surface area (Å²) in [6.07, 6.45) is 6.86.